The lowest BCUT2D eigenvalue weighted by molar-refractivity contribution is -0.434. The Morgan fingerprint density at radius 2 is 1.35 bits per heavy atom. The fourth-order valence-corrected chi connectivity index (χ4v) is 2.00. The molecule has 0 aliphatic carbocycles. The van der Waals surface area contributed by atoms with Crippen LogP contribution in [0.25, 0.3) is 0 Å². The molecule has 0 unspecified atom stereocenters. The molecule has 0 aromatic heterocycles. The van der Waals surface area contributed by atoms with Crippen LogP contribution in [0, 0.1) is 0 Å². The van der Waals surface area contributed by atoms with E-state index in [4.69, 9.17) is 24.9 Å². The van der Waals surface area contributed by atoms with Gasteiger partial charge in [-0.05, 0) is 0 Å². The van der Waals surface area contributed by atoms with Gasteiger partial charge in [0.15, 0.2) is 6.29 Å². The van der Waals surface area contributed by atoms with E-state index in [1.807, 2.05) is 0 Å². The predicted octanol–water partition coefficient (Wildman–Crippen LogP) is -5.31. The molecule has 0 aromatic rings. The van der Waals surface area contributed by atoms with E-state index in [0.29, 0.717) is 0 Å². The van der Waals surface area contributed by atoms with Gasteiger partial charge in [0.05, 0.1) is 13.2 Å². The average Bonchev–Trinajstić information content (AvgIpc) is 2.57. The maximum absolute atomic E-state index is 9.80. The average molecular weight is 346 g/mol. The molecule has 1 aliphatic rings. The zero-order valence-corrected chi connectivity index (χ0v) is 11.9. The molecule has 0 amide bonds. The Balaban J connectivity index is 2.89. The second-order valence-electron chi connectivity index (χ2n) is 5.04. The first kappa shape index (κ1) is 20.6. The van der Waals surface area contributed by atoms with Crippen LogP contribution in [0.4, 0.5) is 0 Å². The quantitative estimate of drug-likeness (QED) is 0.149. The smallest absolute Gasteiger partial charge is 0.222 e. The van der Waals surface area contributed by atoms with Gasteiger partial charge < -0.3 is 50.3 Å². The zero-order chi connectivity index (χ0) is 17.7. The molecule has 1 rings (SSSR count). The zero-order valence-electron chi connectivity index (χ0n) is 11.9. The van der Waals surface area contributed by atoms with Crippen LogP contribution < -0.4 is 0 Å². The fourth-order valence-electron chi connectivity index (χ4n) is 2.00. The van der Waals surface area contributed by atoms with E-state index in [0.717, 1.165) is 0 Å². The van der Waals surface area contributed by atoms with Gasteiger partial charge in [0.2, 0.25) is 6.29 Å². The fraction of sp³-hybridized carbons (Fsp3) is 1.00. The topological polar surface area (TPSA) is 210 Å². The third-order valence-corrected chi connectivity index (χ3v) is 3.41. The molecule has 23 heavy (non-hydrogen) atoms. The molecule has 138 valence electrons. The minimum atomic E-state index is -1.89. The van der Waals surface area contributed by atoms with Gasteiger partial charge >= 0.3 is 0 Å². The van der Waals surface area contributed by atoms with Crippen LogP contribution in [0.5, 0.6) is 0 Å². The molecular weight excluding hydrogens is 324 g/mol. The van der Waals surface area contributed by atoms with Gasteiger partial charge in [0.25, 0.3) is 0 Å². The van der Waals surface area contributed by atoms with E-state index < -0.39 is 68.5 Å². The Labute approximate surface area is 130 Å². The molecule has 0 saturated carbocycles. The Morgan fingerprint density at radius 3 is 1.83 bits per heavy atom. The number of rotatable bonds is 8. The lowest BCUT2D eigenvalue weighted by Gasteiger charge is -2.41. The van der Waals surface area contributed by atoms with E-state index in [2.05, 4.69) is 4.89 Å². The van der Waals surface area contributed by atoms with Crippen molar-refractivity contribution in [1.82, 2.24) is 0 Å². The number of hydrogen-bond acceptors (Lipinski definition) is 12. The predicted molar refractivity (Wildman–Crippen MR) is 67.5 cm³/mol. The van der Waals surface area contributed by atoms with E-state index in [9.17, 15) is 30.6 Å². The molecule has 1 heterocycles. The van der Waals surface area contributed by atoms with Crippen LogP contribution >= 0.6 is 0 Å². The van der Waals surface area contributed by atoms with Crippen LogP contribution in [0.2, 0.25) is 0 Å². The Kier molecular flexibility index (Phi) is 8.15. The monoisotopic (exact) mass is 346 g/mol. The van der Waals surface area contributed by atoms with Crippen LogP contribution in [-0.4, -0.2) is 115 Å². The third-order valence-electron chi connectivity index (χ3n) is 3.41. The highest BCUT2D eigenvalue weighted by atomic mass is 17.1. The highest BCUT2D eigenvalue weighted by Crippen LogP contribution is 2.25. The van der Waals surface area contributed by atoms with Gasteiger partial charge in [-0.3, -0.25) is 0 Å². The number of hydrogen-bond donors (Lipinski definition) is 9. The van der Waals surface area contributed by atoms with Crippen LogP contribution in [-0.2, 0) is 14.4 Å². The largest absolute Gasteiger partial charge is 0.394 e. The van der Waals surface area contributed by atoms with Crippen molar-refractivity contribution >= 4 is 0 Å². The van der Waals surface area contributed by atoms with Crippen LogP contribution in [0.1, 0.15) is 0 Å². The van der Waals surface area contributed by atoms with Crippen molar-refractivity contribution < 1.29 is 60.5 Å². The number of aliphatic hydroxyl groups excluding tert-OH is 8. The summed E-state index contributed by atoms with van der Waals surface area (Å²) >= 11 is 0. The minimum absolute atomic E-state index is 0.892. The van der Waals surface area contributed by atoms with Crippen LogP contribution in [0.3, 0.4) is 0 Å². The van der Waals surface area contributed by atoms with Crippen molar-refractivity contribution in [2.24, 2.45) is 0 Å². The second-order valence-corrected chi connectivity index (χ2v) is 5.04. The molecule has 12 heteroatoms. The summed E-state index contributed by atoms with van der Waals surface area (Å²) < 4.78 is 9.84. The molecular formula is C11H22O12. The van der Waals surface area contributed by atoms with Crippen LogP contribution in [0.15, 0.2) is 0 Å². The van der Waals surface area contributed by atoms with E-state index >= 15 is 0 Å². The van der Waals surface area contributed by atoms with E-state index in [1.54, 1.807) is 0 Å². The molecule has 0 radical (unpaired) electrons. The minimum Gasteiger partial charge on any atom is -0.394 e. The molecule has 0 bridgehead atoms. The highest BCUT2D eigenvalue weighted by Gasteiger charge is 2.47. The van der Waals surface area contributed by atoms with Gasteiger partial charge in [0, 0.05) is 0 Å². The van der Waals surface area contributed by atoms with Gasteiger partial charge in [0.1, 0.15) is 42.7 Å². The molecule has 9 N–H and O–H groups in total. The standard InChI is InChI=1S/C11H22O12/c12-1-3(14)5(16)9(4(15)2-13)21-10-7(18)6(17)8(19)11(22-10)23-20/h3-20H,1-2H2/t3-,4+,5+,6+,7+,8-,9+,10-,11+/m0/s1. The normalized spacial score (nSPS) is 37.2. The lowest BCUT2D eigenvalue weighted by Crippen LogP contribution is -2.61. The van der Waals surface area contributed by atoms with Crippen molar-refractivity contribution in [1.29, 1.82) is 0 Å². The molecule has 1 fully saturated rings. The molecule has 0 aromatic carbocycles. The first-order valence-corrected chi connectivity index (χ1v) is 6.69. The summed E-state index contributed by atoms with van der Waals surface area (Å²) in [6.45, 7) is -1.80. The second kappa shape index (κ2) is 9.12. The summed E-state index contributed by atoms with van der Waals surface area (Å²) in [6, 6.07) is 0. The van der Waals surface area contributed by atoms with Crippen molar-refractivity contribution in [3.05, 3.63) is 0 Å². The summed E-state index contributed by atoms with van der Waals surface area (Å²) in [7, 11) is 0. The number of aliphatic hydroxyl groups is 8. The maximum atomic E-state index is 9.80. The summed E-state index contributed by atoms with van der Waals surface area (Å²) in [5.41, 5.74) is 0. The van der Waals surface area contributed by atoms with Gasteiger partial charge in [-0.1, -0.05) is 0 Å². The molecule has 0 spiro atoms. The first-order valence-electron chi connectivity index (χ1n) is 6.69. The van der Waals surface area contributed by atoms with Crippen molar-refractivity contribution in [3.8, 4) is 0 Å². The Hall–Kier alpha value is -0.480. The number of ether oxygens (including phenoxy) is 2. The Morgan fingerprint density at radius 1 is 0.826 bits per heavy atom. The van der Waals surface area contributed by atoms with E-state index in [1.165, 1.54) is 0 Å². The van der Waals surface area contributed by atoms with E-state index in [-0.39, 0.29) is 0 Å². The molecule has 1 saturated heterocycles. The summed E-state index contributed by atoms with van der Waals surface area (Å²) in [6.07, 6.45) is -16.3. The highest BCUT2D eigenvalue weighted by molar-refractivity contribution is 4.88. The van der Waals surface area contributed by atoms with Crippen molar-refractivity contribution in [2.75, 3.05) is 13.2 Å². The Bertz CT molecular complexity index is 341. The van der Waals surface area contributed by atoms with Gasteiger partial charge in [-0.15, -0.1) is 0 Å². The summed E-state index contributed by atoms with van der Waals surface area (Å²) in [4.78, 5) is 3.76. The molecule has 12 nitrogen and oxygen atoms in total. The van der Waals surface area contributed by atoms with Gasteiger partial charge in [-0.2, -0.15) is 0 Å². The van der Waals surface area contributed by atoms with Crippen molar-refractivity contribution in [3.63, 3.8) is 0 Å². The van der Waals surface area contributed by atoms with Gasteiger partial charge in [-0.25, -0.2) is 10.1 Å². The summed E-state index contributed by atoms with van der Waals surface area (Å²) in [5, 5.41) is 84.0. The van der Waals surface area contributed by atoms with Crippen molar-refractivity contribution in [2.45, 2.75) is 55.3 Å². The summed E-state index contributed by atoms with van der Waals surface area (Å²) in [5.74, 6) is 0. The lowest BCUT2D eigenvalue weighted by atomic mass is 10.0. The SMILES string of the molecule is OC[C@@H](O)[C@@H](O[C@H]1O[C@H](OO)[C@@H](O)[C@H](O)[C@H]1O)[C@H](O)[C@@H](O)CO. The molecule has 1 aliphatic heterocycles. The maximum Gasteiger partial charge on any atom is 0.222 e. The molecule has 9 atom stereocenters. The first-order chi connectivity index (χ1) is 10.8. The third kappa shape index (κ3) is 4.76.